The monoisotopic (exact) mass is 466 g/mol. The fraction of sp³-hybridized carbons (Fsp3) is 0. The van der Waals surface area contributed by atoms with Crippen LogP contribution in [0.5, 0.6) is 0 Å². The van der Waals surface area contributed by atoms with Crippen molar-refractivity contribution in [3.63, 3.8) is 0 Å². The standard InChI is InChI=1S/C12H7BrN2O9S2/c13-7-1-3-11(26(22,23)24)12(5-7)25(20,21)10-4-2-8(14(16)17)6-9(10)15(18)19/h1-6H,(H,22,23,24). The molecule has 0 bridgehead atoms. The zero-order chi connectivity index (χ0) is 19.9. The first kappa shape index (κ1) is 19.9. The molecule has 0 radical (unpaired) electrons. The van der Waals surface area contributed by atoms with Gasteiger partial charge in [0.1, 0.15) is 9.79 Å². The SMILES string of the molecule is O=[N+]([O-])c1ccc(S(=O)(=O)c2cc(Br)ccc2S(=O)(=O)O)c([N+](=O)[O-])c1. The van der Waals surface area contributed by atoms with E-state index < -0.39 is 55.9 Å². The van der Waals surface area contributed by atoms with Crippen LogP contribution in [0.4, 0.5) is 11.4 Å². The summed E-state index contributed by atoms with van der Waals surface area (Å²) in [4.78, 5) is 16.9. The average molecular weight is 467 g/mol. The minimum absolute atomic E-state index is 0.119. The summed E-state index contributed by atoms with van der Waals surface area (Å²) in [5, 5.41) is 21.9. The quantitative estimate of drug-likeness (QED) is 0.393. The maximum Gasteiger partial charge on any atom is 0.295 e. The predicted molar refractivity (Wildman–Crippen MR) is 89.2 cm³/mol. The van der Waals surface area contributed by atoms with E-state index in [1.165, 1.54) is 0 Å². The molecule has 138 valence electrons. The van der Waals surface area contributed by atoms with E-state index in [4.69, 9.17) is 0 Å². The van der Waals surface area contributed by atoms with E-state index in [-0.39, 0.29) is 4.47 Å². The zero-order valence-corrected chi connectivity index (χ0v) is 15.5. The Kier molecular flexibility index (Phi) is 5.14. The molecule has 0 fully saturated rings. The molecule has 0 aromatic heterocycles. The molecule has 0 aliphatic rings. The van der Waals surface area contributed by atoms with Crippen LogP contribution in [0.3, 0.4) is 0 Å². The number of rotatable bonds is 5. The Morgan fingerprint density at radius 2 is 1.42 bits per heavy atom. The first-order valence-electron chi connectivity index (χ1n) is 6.30. The highest BCUT2D eigenvalue weighted by molar-refractivity contribution is 9.10. The van der Waals surface area contributed by atoms with Gasteiger partial charge in [-0.15, -0.1) is 0 Å². The number of benzene rings is 2. The molecule has 2 aromatic carbocycles. The van der Waals surface area contributed by atoms with Crippen LogP contribution in [0.2, 0.25) is 0 Å². The molecular weight excluding hydrogens is 460 g/mol. The second-order valence-electron chi connectivity index (χ2n) is 4.74. The van der Waals surface area contributed by atoms with Gasteiger partial charge >= 0.3 is 0 Å². The van der Waals surface area contributed by atoms with Crippen LogP contribution in [-0.4, -0.2) is 31.2 Å². The van der Waals surface area contributed by atoms with Crippen molar-refractivity contribution in [1.29, 1.82) is 0 Å². The van der Waals surface area contributed by atoms with Gasteiger partial charge in [-0.2, -0.15) is 8.42 Å². The third kappa shape index (κ3) is 3.72. The number of nitro benzene ring substituents is 2. The largest absolute Gasteiger partial charge is 0.295 e. The van der Waals surface area contributed by atoms with Gasteiger partial charge in [-0.25, -0.2) is 8.42 Å². The molecule has 1 N–H and O–H groups in total. The van der Waals surface area contributed by atoms with E-state index in [1.54, 1.807) is 0 Å². The van der Waals surface area contributed by atoms with Gasteiger partial charge in [0.05, 0.1) is 20.8 Å². The second kappa shape index (κ2) is 6.71. The fourth-order valence-electron chi connectivity index (χ4n) is 2.01. The molecule has 2 aromatic rings. The molecule has 0 spiro atoms. The normalized spacial score (nSPS) is 11.9. The maximum atomic E-state index is 12.8. The smallest absolute Gasteiger partial charge is 0.282 e. The Balaban J connectivity index is 2.88. The number of sulfone groups is 1. The molecule has 0 amide bonds. The van der Waals surface area contributed by atoms with Crippen LogP contribution < -0.4 is 0 Å². The molecule has 0 saturated carbocycles. The molecule has 14 heteroatoms. The third-order valence-electron chi connectivity index (χ3n) is 3.11. The van der Waals surface area contributed by atoms with E-state index in [1.807, 2.05) is 0 Å². The van der Waals surface area contributed by atoms with Gasteiger partial charge in [-0.05, 0) is 24.3 Å². The van der Waals surface area contributed by atoms with Gasteiger partial charge in [0.15, 0.2) is 0 Å². The molecular formula is C12H7BrN2O9S2. The zero-order valence-electron chi connectivity index (χ0n) is 12.3. The molecule has 2 rings (SSSR count). The maximum absolute atomic E-state index is 12.8. The summed E-state index contributed by atoms with van der Waals surface area (Å²) in [6, 6.07) is 4.57. The van der Waals surface area contributed by atoms with Gasteiger partial charge < -0.3 is 0 Å². The van der Waals surface area contributed by atoms with Gasteiger partial charge in [-0.1, -0.05) is 15.9 Å². The summed E-state index contributed by atoms with van der Waals surface area (Å²) < 4.78 is 57.8. The summed E-state index contributed by atoms with van der Waals surface area (Å²) >= 11 is 2.94. The number of nitro groups is 2. The fourth-order valence-corrected chi connectivity index (χ4v) is 5.23. The predicted octanol–water partition coefficient (Wildman–Crippen LogP) is 2.35. The highest BCUT2D eigenvalue weighted by Crippen LogP contribution is 2.35. The molecule has 0 aliphatic heterocycles. The highest BCUT2D eigenvalue weighted by Gasteiger charge is 2.34. The minimum Gasteiger partial charge on any atom is -0.282 e. The lowest BCUT2D eigenvalue weighted by Gasteiger charge is -2.09. The van der Waals surface area contributed by atoms with Crippen molar-refractivity contribution >= 4 is 47.3 Å². The first-order chi connectivity index (χ1) is 11.9. The van der Waals surface area contributed by atoms with Crippen molar-refractivity contribution < 1.29 is 31.2 Å². The average Bonchev–Trinajstić information content (AvgIpc) is 2.52. The number of non-ortho nitro benzene ring substituents is 1. The molecule has 11 nitrogen and oxygen atoms in total. The summed E-state index contributed by atoms with van der Waals surface area (Å²) in [5.41, 5.74) is -1.83. The van der Waals surface area contributed by atoms with Crippen molar-refractivity contribution in [1.82, 2.24) is 0 Å². The summed E-state index contributed by atoms with van der Waals surface area (Å²) in [6.45, 7) is 0. The van der Waals surface area contributed by atoms with Crippen LogP contribution in [0.25, 0.3) is 0 Å². The van der Waals surface area contributed by atoms with Gasteiger partial charge in [0, 0.05) is 10.5 Å². The second-order valence-corrected chi connectivity index (χ2v) is 8.93. The minimum atomic E-state index is -4.97. The molecule has 0 heterocycles. The van der Waals surface area contributed by atoms with E-state index in [9.17, 15) is 41.6 Å². The van der Waals surface area contributed by atoms with Gasteiger partial charge in [0.25, 0.3) is 21.5 Å². The number of hydrogen-bond donors (Lipinski definition) is 1. The van der Waals surface area contributed by atoms with E-state index in [0.717, 1.165) is 24.3 Å². The number of hydrogen-bond acceptors (Lipinski definition) is 8. The molecule has 0 aliphatic carbocycles. The third-order valence-corrected chi connectivity index (χ3v) is 6.49. The van der Waals surface area contributed by atoms with Gasteiger partial charge in [0.2, 0.25) is 9.84 Å². The van der Waals surface area contributed by atoms with Gasteiger partial charge in [-0.3, -0.25) is 24.8 Å². The molecule has 0 saturated heterocycles. The van der Waals surface area contributed by atoms with Crippen LogP contribution in [0.15, 0.2) is 55.6 Å². The summed E-state index contributed by atoms with van der Waals surface area (Å²) in [5.74, 6) is 0. The van der Waals surface area contributed by atoms with E-state index >= 15 is 0 Å². The van der Waals surface area contributed by atoms with Crippen LogP contribution in [0, 0.1) is 20.2 Å². The summed E-state index contributed by atoms with van der Waals surface area (Å²) in [7, 11) is -9.80. The van der Waals surface area contributed by atoms with Crippen LogP contribution in [-0.2, 0) is 20.0 Å². The van der Waals surface area contributed by atoms with Crippen molar-refractivity contribution in [2.75, 3.05) is 0 Å². The Labute approximate surface area is 154 Å². The van der Waals surface area contributed by atoms with Crippen LogP contribution >= 0.6 is 15.9 Å². The van der Waals surface area contributed by atoms with E-state index in [2.05, 4.69) is 15.9 Å². The van der Waals surface area contributed by atoms with Crippen molar-refractivity contribution in [2.24, 2.45) is 0 Å². The van der Waals surface area contributed by atoms with Crippen molar-refractivity contribution in [3.05, 3.63) is 61.1 Å². The Morgan fingerprint density at radius 1 is 0.846 bits per heavy atom. The molecule has 0 unspecified atom stereocenters. The topological polar surface area (TPSA) is 175 Å². The first-order valence-corrected chi connectivity index (χ1v) is 10.0. The van der Waals surface area contributed by atoms with Crippen LogP contribution in [0.1, 0.15) is 0 Å². The number of nitrogens with zero attached hydrogens (tertiary/aromatic N) is 2. The lowest BCUT2D eigenvalue weighted by Crippen LogP contribution is -2.11. The Hall–Kier alpha value is -2.42. The lowest BCUT2D eigenvalue weighted by molar-refractivity contribution is -0.396. The molecule has 26 heavy (non-hydrogen) atoms. The highest BCUT2D eigenvalue weighted by atomic mass is 79.9. The summed E-state index contributed by atoms with van der Waals surface area (Å²) in [6.07, 6.45) is 0. The Morgan fingerprint density at radius 3 is 1.92 bits per heavy atom. The van der Waals surface area contributed by atoms with Crippen molar-refractivity contribution in [2.45, 2.75) is 14.7 Å². The van der Waals surface area contributed by atoms with Crippen molar-refractivity contribution in [3.8, 4) is 0 Å². The molecule has 0 atom stereocenters. The lowest BCUT2D eigenvalue weighted by atomic mass is 10.3. The van der Waals surface area contributed by atoms with E-state index in [0.29, 0.717) is 12.1 Å². The number of halogens is 1. The Bertz CT molecular complexity index is 1140.